The minimum Gasteiger partial charge on any atom is -0.322 e. The Bertz CT molecular complexity index is 983. The number of carbonyl (C=O) groups is 2. The summed E-state index contributed by atoms with van der Waals surface area (Å²) >= 11 is 1.38. The summed E-state index contributed by atoms with van der Waals surface area (Å²) in [5.74, 6) is -0.526. The molecule has 6 nitrogen and oxygen atoms in total. The van der Waals surface area contributed by atoms with E-state index in [-0.39, 0.29) is 17.2 Å². The molecule has 3 rings (SSSR count). The maximum Gasteiger partial charge on any atom is 0.257 e. The number of amides is 2. The summed E-state index contributed by atoms with van der Waals surface area (Å²) in [5, 5.41) is 15.2. The van der Waals surface area contributed by atoms with E-state index in [1.54, 1.807) is 48.5 Å². The van der Waals surface area contributed by atoms with E-state index in [0.29, 0.717) is 21.9 Å². The van der Waals surface area contributed by atoms with E-state index < -0.39 is 0 Å². The summed E-state index contributed by atoms with van der Waals surface area (Å²) < 4.78 is 0. The van der Waals surface area contributed by atoms with Crippen molar-refractivity contribution in [1.82, 2.24) is 10.2 Å². The second-order valence-electron chi connectivity index (χ2n) is 7.00. The zero-order valence-corrected chi connectivity index (χ0v) is 16.8. The quantitative estimate of drug-likeness (QED) is 0.633. The molecule has 0 atom stereocenters. The molecule has 0 fully saturated rings. The van der Waals surface area contributed by atoms with Crippen molar-refractivity contribution < 1.29 is 9.59 Å². The topological polar surface area (TPSA) is 84.0 Å². The average Bonchev–Trinajstić information content (AvgIpc) is 3.18. The van der Waals surface area contributed by atoms with Gasteiger partial charge in [-0.25, -0.2) is 0 Å². The molecule has 0 radical (unpaired) electrons. The smallest absolute Gasteiger partial charge is 0.257 e. The number of rotatable bonds is 6. The number of anilines is 2. The lowest BCUT2D eigenvalue weighted by atomic mass is 9.91. The van der Waals surface area contributed by atoms with Gasteiger partial charge in [0.2, 0.25) is 5.13 Å². The second kappa shape index (κ2) is 8.31. The van der Waals surface area contributed by atoms with Gasteiger partial charge in [0.15, 0.2) is 0 Å². The van der Waals surface area contributed by atoms with Gasteiger partial charge in [0.05, 0.1) is 0 Å². The molecule has 0 saturated carbocycles. The van der Waals surface area contributed by atoms with Crippen LogP contribution in [0.25, 0.3) is 0 Å². The molecule has 0 aliphatic rings. The first-order chi connectivity index (χ1) is 13.4. The van der Waals surface area contributed by atoms with Crippen molar-refractivity contribution in [3.05, 3.63) is 70.7 Å². The van der Waals surface area contributed by atoms with Crippen LogP contribution in [0.3, 0.4) is 0 Å². The number of aromatic nitrogens is 2. The SMILES string of the molecule is CCC(C)(C)c1nnc(NC(=O)c2cccc(NC(=O)c3ccccc3)c2)s1. The van der Waals surface area contributed by atoms with Gasteiger partial charge in [-0.3, -0.25) is 14.9 Å². The first-order valence-electron chi connectivity index (χ1n) is 9.01. The van der Waals surface area contributed by atoms with Gasteiger partial charge in [-0.05, 0) is 36.8 Å². The maximum absolute atomic E-state index is 12.6. The van der Waals surface area contributed by atoms with Crippen molar-refractivity contribution in [1.29, 1.82) is 0 Å². The van der Waals surface area contributed by atoms with Gasteiger partial charge in [0.1, 0.15) is 5.01 Å². The van der Waals surface area contributed by atoms with Crippen LogP contribution >= 0.6 is 11.3 Å². The van der Waals surface area contributed by atoms with Crippen molar-refractivity contribution >= 4 is 34.0 Å². The highest BCUT2D eigenvalue weighted by Crippen LogP contribution is 2.31. The summed E-state index contributed by atoms with van der Waals surface area (Å²) in [5.41, 5.74) is 1.45. The number of carbonyl (C=O) groups excluding carboxylic acids is 2. The van der Waals surface area contributed by atoms with E-state index in [1.165, 1.54) is 11.3 Å². The van der Waals surface area contributed by atoms with Crippen molar-refractivity contribution in [2.24, 2.45) is 0 Å². The van der Waals surface area contributed by atoms with Crippen molar-refractivity contribution in [3.8, 4) is 0 Å². The molecule has 3 aromatic rings. The minimum absolute atomic E-state index is 0.0811. The molecular formula is C21H22N4O2S. The zero-order chi connectivity index (χ0) is 20.1. The predicted molar refractivity (Wildman–Crippen MR) is 112 cm³/mol. The maximum atomic E-state index is 12.6. The molecule has 2 amide bonds. The average molecular weight is 395 g/mol. The Morgan fingerprint density at radius 3 is 2.32 bits per heavy atom. The summed E-state index contributed by atoms with van der Waals surface area (Å²) in [4.78, 5) is 24.8. The van der Waals surface area contributed by atoms with Crippen LogP contribution in [0, 0.1) is 0 Å². The Hall–Kier alpha value is -3.06. The summed E-state index contributed by atoms with van der Waals surface area (Å²) in [6.45, 7) is 6.28. The molecule has 0 aliphatic heterocycles. The molecule has 0 aliphatic carbocycles. The number of nitrogens with zero attached hydrogens (tertiary/aromatic N) is 2. The Kier molecular flexibility index (Phi) is 5.84. The fourth-order valence-corrected chi connectivity index (χ4v) is 3.31. The van der Waals surface area contributed by atoms with Crippen LogP contribution in [0.4, 0.5) is 10.8 Å². The summed E-state index contributed by atoms with van der Waals surface area (Å²) in [6.07, 6.45) is 0.929. The Morgan fingerprint density at radius 2 is 1.61 bits per heavy atom. The van der Waals surface area contributed by atoms with Gasteiger partial charge in [-0.1, -0.05) is 56.4 Å². The van der Waals surface area contributed by atoms with E-state index in [1.807, 2.05) is 6.07 Å². The standard InChI is InChI=1S/C21H22N4O2S/c1-4-21(2,3)19-24-25-20(28-19)23-18(27)15-11-8-12-16(13-15)22-17(26)14-9-6-5-7-10-14/h5-13H,4H2,1-3H3,(H,22,26)(H,23,25,27). The van der Waals surface area contributed by atoms with Crippen LogP contribution < -0.4 is 10.6 Å². The van der Waals surface area contributed by atoms with E-state index in [4.69, 9.17) is 0 Å². The second-order valence-corrected chi connectivity index (χ2v) is 7.98. The summed E-state index contributed by atoms with van der Waals surface area (Å²) in [7, 11) is 0. The first kappa shape index (κ1) is 19.7. The van der Waals surface area contributed by atoms with Gasteiger partial charge in [-0.2, -0.15) is 0 Å². The fraction of sp³-hybridized carbons (Fsp3) is 0.238. The molecule has 144 valence electrons. The van der Waals surface area contributed by atoms with Crippen molar-refractivity contribution in [2.45, 2.75) is 32.6 Å². The van der Waals surface area contributed by atoms with E-state index >= 15 is 0 Å². The molecule has 0 bridgehead atoms. The fourth-order valence-electron chi connectivity index (χ4n) is 2.40. The Morgan fingerprint density at radius 1 is 0.929 bits per heavy atom. The predicted octanol–water partition coefficient (Wildman–Crippen LogP) is 4.73. The molecule has 0 spiro atoms. The van der Waals surface area contributed by atoms with Crippen molar-refractivity contribution in [3.63, 3.8) is 0 Å². The summed E-state index contributed by atoms with van der Waals surface area (Å²) in [6, 6.07) is 15.7. The Balaban J connectivity index is 1.70. The van der Waals surface area contributed by atoms with Crippen LogP contribution in [0.2, 0.25) is 0 Å². The number of benzene rings is 2. The van der Waals surface area contributed by atoms with E-state index in [2.05, 4.69) is 41.6 Å². The normalized spacial score (nSPS) is 11.1. The van der Waals surface area contributed by atoms with Gasteiger partial charge in [0, 0.05) is 22.2 Å². The molecule has 0 unspecified atom stereocenters. The number of hydrogen-bond acceptors (Lipinski definition) is 5. The van der Waals surface area contributed by atoms with Crippen LogP contribution in [0.1, 0.15) is 52.9 Å². The van der Waals surface area contributed by atoms with Crippen LogP contribution in [0.15, 0.2) is 54.6 Å². The highest BCUT2D eigenvalue weighted by molar-refractivity contribution is 7.15. The highest BCUT2D eigenvalue weighted by Gasteiger charge is 2.23. The number of nitrogens with one attached hydrogen (secondary N) is 2. The molecule has 28 heavy (non-hydrogen) atoms. The largest absolute Gasteiger partial charge is 0.322 e. The lowest BCUT2D eigenvalue weighted by Crippen LogP contribution is -2.15. The highest BCUT2D eigenvalue weighted by atomic mass is 32.1. The first-order valence-corrected chi connectivity index (χ1v) is 9.82. The molecule has 1 aromatic heterocycles. The van der Waals surface area contributed by atoms with Crippen LogP contribution in [-0.4, -0.2) is 22.0 Å². The molecule has 2 N–H and O–H groups in total. The van der Waals surface area contributed by atoms with Gasteiger partial charge >= 0.3 is 0 Å². The minimum atomic E-state index is -0.298. The lowest BCUT2D eigenvalue weighted by molar-refractivity contribution is 0.101. The molecule has 0 saturated heterocycles. The Labute approximate surface area is 168 Å². The van der Waals surface area contributed by atoms with E-state index in [9.17, 15) is 9.59 Å². The van der Waals surface area contributed by atoms with E-state index in [0.717, 1.165) is 11.4 Å². The molecule has 1 heterocycles. The molecule has 7 heteroatoms. The van der Waals surface area contributed by atoms with Gasteiger partial charge in [0.25, 0.3) is 11.8 Å². The number of hydrogen-bond donors (Lipinski definition) is 2. The molecule has 2 aromatic carbocycles. The van der Waals surface area contributed by atoms with Gasteiger partial charge in [-0.15, -0.1) is 10.2 Å². The van der Waals surface area contributed by atoms with Crippen LogP contribution in [-0.2, 0) is 5.41 Å². The third-order valence-corrected chi connectivity index (χ3v) is 5.73. The lowest BCUT2D eigenvalue weighted by Gasteiger charge is -2.17. The van der Waals surface area contributed by atoms with Crippen molar-refractivity contribution in [2.75, 3.05) is 10.6 Å². The van der Waals surface area contributed by atoms with Crippen LogP contribution in [0.5, 0.6) is 0 Å². The third kappa shape index (κ3) is 4.61. The zero-order valence-electron chi connectivity index (χ0n) is 16.0. The van der Waals surface area contributed by atoms with Gasteiger partial charge < -0.3 is 5.32 Å². The molecular weight excluding hydrogens is 372 g/mol. The monoisotopic (exact) mass is 394 g/mol. The third-order valence-electron chi connectivity index (χ3n) is 4.53.